The van der Waals surface area contributed by atoms with E-state index in [-0.39, 0.29) is 22.0 Å². The van der Waals surface area contributed by atoms with Crippen molar-refractivity contribution in [2.75, 3.05) is 13.2 Å². The molecular formula is C27H44O4Si. The Morgan fingerprint density at radius 2 is 1.88 bits per heavy atom. The van der Waals surface area contributed by atoms with Gasteiger partial charge in [0.05, 0.1) is 31.8 Å². The molecule has 4 atom stereocenters. The fraction of sp³-hybridized carbons (Fsp3) is 0.778. The van der Waals surface area contributed by atoms with E-state index in [0.29, 0.717) is 19.1 Å². The van der Waals surface area contributed by atoms with Gasteiger partial charge in [0.15, 0.2) is 14.1 Å². The SMILES string of the molecule is C=C1CC[C@]2(C)[C@H](CCCC23OCCO3)[C@@]1(C)C[C@@H](O[Si](C)(C)C(C)(C)C)c1ccoc1. The molecule has 0 unspecified atom stereocenters. The lowest BCUT2D eigenvalue weighted by Gasteiger charge is -2.62. The predicted molar refractivity (Wildman–Crippen MR) is 131 cm³/mol. The number of rotatable bonds is 5. The Balaban J connectivity index is 1.70. The highest BCUT2D eigenvalue weighted by molar-refractivity contribution is 6.74. The molecule has 2 heterocycles. The molecule has 1 aromatic rings. The lowest BCUT2D eigenvalue weighted by molar-refractivity contribution is -0.287. The minimum absolute atomic E-state index is 0.00188. The number of hydrogen-bond donors (Lipinski definition) is 0. The van der Waals surface area contributed by atoms with Gasteiger partial charge in [-0.05, 0) is 67.6 Å². The minimum atomic E-state index is -1.98. The van der Waals surface area contributed by atoms with Gasteiger partial charge in [-0.3, -0.25) is 0 Å². The summed E-state index contributed by atoms with van der Waals surface area (Å²) in [5.74, 6) is 0.0315. The molecule has 0 bridgehead atoms. The van der Waals surface area contributed by atoms with Crippen LogP contribution in [0.2, 0.25) is 18.1 Å². The first kappa shape index (κ1) is 24.2. The second kappa shape index (κ2) is 8.11. The van der Waals surface area contributed by atoms with Gasteiger partial charge in [0.1, 0.15) is 0 Å². The normalized spacial score (nSPS) is 34.0. The molecule has 32 heavy (non-hydrogen) atoms. The van der Waals surface area contributed by atoms with Crippen molar-refractivity contribution in [3.05, 3.63) is 36.3 Å². The van der Waals surface area contributed by atoms with Gasteiger partial charge < -0.3 is 18.3 Å². The van der Waals surface area contributed by atoms with E-state index >= 15 is 0 Å². The average Bonchev–Trinajstić information content (AvgIpc) is 3.39. The van der Waals surface area contributed by atoms with E-state index in [1.807, 2.05) is 6.26 Å². The Hall–Kier alpha value is -0.883. The van der Waals surface area contributed by atoms with Gasteiger partial charge in [0.25, 0.3) is 0 Å². The zero-order valence-electron chi connectivity index (χ0n) is 21.4. The highest BCUT2D eigenvalue weighted by atomic mass is 28.4. The van der Waals surface area contributed by atoms with Crippen LogP contribution in [0.4, 0.5) is 0 Å². The smallest absolute Gasteiger partial charge is 0.192 e. The van der Waals surface area contributed by atoms with Crippen LogP contribution in [-0.4, -0.2) is 27.3 Å². The highest BCUT2D eigenvalue weighted by Crippen LogP contribution is 2.66. The summed E-state index contributed by atoms with van der Waals surface area (Å²) in [6.07, 6.45) is 10.0. The van der Waals surface area contributed by atoms with Crippen LogP contribution in [0.1, 0.15) is 84.8 Å². The van der Waals surface area contributed by atoms with E-state index in [1.165, 1.54) is 12.0 Å². The van der Waals surface area contributed by atoms with Gasteiger partial charge in [0, 0.05) is 17.4 Å². The summed E-state index contributed by atoms with van der Waals surface area (Å²) in [5, 5.41) is 0.147. The van der Waals surface area contributed by atoms with Crippen LogP contribution in [-0.2, 0) is 13.9 Å². The zero-order chi connectivity index (χ0) is 23.4. The number of fused-ring (bicyclic) bond motifs is 2. The van der Waals surface area contributed by atoms with Crippen molar-refractivity contribution < 1.29 is 18.3 Å². The van der Waals surface area contributed by atoms with Gasteiger partial charge in [0.2, 0.25) is 0 Å². The molecule has 0 N–H and O–H groups in total. The maximum atomic E-state index is 7.07. The topological polar surface area (TPSA) is 40.8 Å². The zero-order valence-corrected chi connectivity index (χ0v) is 22.4. The Labute approximate surface area is 196 Å². The lowest BCUT2D eigenvalue weighted by Crippen LogP contribution is -2.60. The van der Waals surface area contributed by atoms with E-state index < -0.39 is 14.1 Å². The maximum absolute atomic E-state index is 7.07. The largest absolute Gasteiger partial charge is 0.472 e. The Bertz CT molecular complexity index is 817. The fourth-order valence-corrected chi connectivity index (χ4v) is 7.84. The molecule has 1 spiro atoms. The molecule has 1 saturated heterocycles. The molecule has 2 aliphatic carbocycles. The first-order valence-corrected chi connectivity index (χ1v) is 15.4. The van der Waals surface area contributed by atoms with Crippen molar-refractivity contribution >= 4 is 8.32 Å². The Morgan fingerprint density at radius 1 is 1.19 bits per heavy atom. The molecule has 0 amide bonds. The summed E-state index contributed by atoms with van der Waals surface area (Å²) in [5.41, 5.74) is 2.47. The molecule has 1 aliphatic heterocycles. The number of allylic oxidation sites excluding steroid dienone is 1. The van der Waals surface area contributed by atoms with Crippen LogP contribution in [0, 0.1) is 16.7 Å². The number of ether oxygens (including phenoxy) is 2. The van der Waals surface area contributed by atoms with Crippen molar-refractivity contribution in [2.24, 2.45) is 16.7 Å². The first-order chi connectivity index (χ1) is 14.8. The first-order valence-electron chi connectivity index (χ1n) is 12.5. The van der Waals surface area contributed by atoms with Gasteiger partial charge in [-0.2, -0.15) is 0 Å². The highest BCUT2D eigenvalue weighted by Gasteiger charge is 2.64. The van der Waals surface area contributed by atoms with Crippen molar-refractivity contribution in [3.8, 4) is 0 Å². The molecule has 0 radical (unpaired) electrons. The summed E-state index contributed by atoms with van der Waals surface area (Å²) < 4.78 is 25.4. The summed E-state index contributed by atoms with van der Waals surface area (Å²) >= 11 is 0. The van der Waals surface area contributed by atoms with Crippen molar-refractivity contribution in [2.45, 2.75) is 103 Å². The van der Waals surface area contributed by atoms with E-state index in [9.17, 15) is 0 Å². The quantitative estimate of drug-likeness (QED) is 0.334. The molecule has 1 aromatic heterocycles. The molecular weight excluding hydrogens is 416 g/mol. The molecule has 180 valence electrons. The molecule has 5 heteroatoms. The third-order valence-corrected chi connectivity index (χ3v) is 14.2. The van der Waals surface area contributed by atoms with E-state index in [2.05, 4.69) is 60.4 Å². The van der Waals surface area contributed by atoms with Crippen molar-refractivity contribution in [1.29, 1.82) is 0 Å². The summed E-state index contributed by atoms with van der Waals surface area (Å²) in [4.78, 5) is 0. The monoisotopic (exact) mass is 460 g/mol. The van der Waals surface area contributed by atoms with Gasteiger partial charge in [-0.15, -0.1) is 0 Å². The number of hydrogen-bond acceptors (Lipinski definition) is 4. The van der Waals surface area contributed by atoms with Crippen molar-refractivity contribution in [1.82, 2.24) is 0 Å². The Kier molecular flexibility index (Phi) is 6.14. The van der Waals surface area contributed by atoms with Crippen LogP contribution in [0.15, 0.2) is 35.2 Å². The molecule has 3 aliphatic rings. The van der Waals surface area contributed by atoms with E-state index in [0.717, 1.165) is 37.7 Å². The average molecular weight is 461 g/mol. The maximum Gasteiger partial charge on any atom is 0.192 e. The van der Waals surface area contributed by atoms with E-state index in [1.54, 1.807) is 6.26 Å². The standard InChI is InChI=1S/C27H44O4Si/c1-20-11-14-26(6)23(10-9-13-27(26)29-16-17-30-27)25(20,5)18-22(21-12-15-28-19-21)31-32(7,8)24(2,3)4/h12,15,19,22-23H,1,9-11,13-14,16-18H2,2-8H3/t22-,23-,25+,26-/m1/s1. The number of furan rings is 1. The second-order valence-corrected chi connectivity index (χ2v) is 17.2. The lowest BCUT2D eigenvalue weighted by atomic mass is 9.46. The Morgan fingerprint density at radius 3 is 2.47 bits per heavy atom. The molecule has 4 rings (SSSR count). The van der Waals surface area contributed by atoms with Crippen LogP contribution >= 0.6 is 0 Å². The molecule has 3 fully saturated rings. The fourth-order valence-electron chi connectivity index (χ4n) is 6.56. The predicted octanol–water partition coefficient (Wildman–Crippen LogP) is 7.64. The summed E-state index contributed by atoms with van der Waals surface area (Å²) in [7, 11) is -1.98. The third kappa shape index (κ3) is 3.77. The third-order valence-electron chi connectivity index (χ3n) is 9.68. The molecule has 2 saturated carbocycles. The minimum Gasteiger partial charge on any atom is -0.472 e. The van der Waals surface area contributed by atoms with Crippen LogP contribution in [0.5, 0.6) is 0 Å². The second-order valence-electron chi connectivity index (χ2n) is 12.5. The summed E-state index contributed by atoms with van der Waals surface area (Å²) in [6, 6.07) is 2.08. The summed E-state index contributed by atoms with van der Waals surface area (Å²) in [6.45, 7) is 22.5. The van der Waals surface area contributed by atoms with Gasteiger partial charge >= 0.3 is 0 Å². The van der Waals surface area contributed by atoms with Gasteiger partial charge in [-0.25, -0.2) is 0 Å². The molecule has 0 aromatic carbocycles. The van der Waals surface area contributed by atoms with Crippen molar-refractivity contribution in [3.63, 3.8) is 0 Å². The van der Waals surface area contributed by atoms with E-state index in [4.69, 9.17) is 18.3 Å². The molecule has 4 nitrogen and oxygen atoms in total. The van der Waals surface area contributed by atoms with Crippen LogP contribution in [0.3, 0.4) is 0 Å². The van der Waals surface area contributed by atoms with Crippen LogP contribution in [0.25, 0.3) is 0 Å². The van der Waals surface area contributed by atoms with Gasteiger partial charge in [-0.1, -0.05) is 46.8 Å². The van der Waals surface area contributed by atoms with Crippen LogP contribution < -0.4 is 0 Å².